The minimum atomic E-state index is -0.385. The lowest BCUT2D eigenvalue weighted by atomic mass is 9.85. The van der Waals surface area contributed by atoms with Crippen LogP contribution in [0.1, 0.15) is 6.85 Å². The molecule has 0 heteroatoms. The summed E-state index contributed by atoms with van der Waals surface area (Å²) in [5.74, 6) is 0. The molecule has 0 heterocycles. The Morgan fingerprint density at radius 3 is 1.57 bits per heavy atom. The smallest absolute Gasteiger partial charge is 0.0622 e. The molecular weight excluding hydrogens is 360 g/mol. The number of fused-ring (bicyclic) bond motifs is 3. The molecule has 0 spiro atoms. The van der Waals surface area contributed by atoms with E-state index >= 15 is 0 Å². The molecule has 0 N–H and O–H groups in total. The van der Waals surface area contributed by atoms with Crippen LogP contribution in [-0.4, -0.2) is 0 Å². The van der Waals surface area contributed by atoms with E-state index in [1.54, 1.807) is 0 Å². The van der Waals surface area contributed by atoms with Gasteiger partial charge in [-0.15, -0.1) is 0 Å². The van der Waals surface area contributed by atoms with Crippen LogP contribution >= 0.6 is 0 Å². The maximum Gasteiger partial charge on any atom is 0.0629 e. The molecule has 140 valence electrons. The predicted molar refractivity (Wildman–Crippen MR) is 130 cm³/mol. The molecular formula is C30H20. The van der Waals surface area contributed by atoms with Gasteiger partial charge in [0.15, 0.2) is 0 Å². The van der Waals surface area contributed by atoms with Gasteiger partial charge in [-0.1, -0.05) is 121 Å². The molecule has 30 heavy (non-hydrogen) atoms. The molecule has 6 rings (SSSR count). The second-order valence-corrected chi connectivity index (χ2v) is 7.37. The van der Waals surface area contributed by atoms with E-state index in [2.05, 4.69) is 42.5 Å². The van der Waals surface area contributed by atoms with E-state index in [1.807, 2.05) is 48.5 Å². The highest BCUT2D eigenvalue weighted by Crippen LogP contribution is 2.44. The van der Waals surface area contributed by atoms with Gasteiger partial charge in [0, 0.05) is 0 Å². The van der Waals surface area contributed by atoms with Crippen molar-refractivity contribution in [1.82, 2.24) is 0 Å². The summed E-state index contributed by atoms with van der Waals surface area (Å²) in [6.45, 7) is 0. The van der Waals surface area contributed by atoms with Gasteiger partial charge in [0.25, 0.3) is 0 Å². The summed E-state index contributed by atoms with van der Waals surface area (Å²) in [4.78, 5) is 0. The molecule has 0 aliphatic rings. The average molecular weight is 386 g/mol. The maximum atomic E-state index is 8.68. The SMILES string of the molecule is [2H]c1c([2H])c([2H])c(-c2c3ccccc3c(-c3cccc4ccccc34)c3ccccc23)c([2H])c1[2H]. The van der Waals surface area contributed by atoms with Crippen molar-refractivity contribution in [3.63, 3.8) is 0 Å². The molecule has 6 aromatic carbocycles. The summed E-state index contributed by atoms with van der Waals surface area (Å²) >= 11 is 0. The zero-order valence-electron chi connectivity index (χ0n) is 21.2. The first-order chi connectivity index (χ1) is 17.0. The number of hydrogen-bond acceptors (Lipinski definition) is 0. The van der Waals surface area contributed by atoms with E-state index in [-0.39, 0.29) is 35.8 Å². The lowest BCUT2D eigenvalue weighted by molar-refractivity contribution is 1.66. The molecule has 0 nitrogen and oxygen atoms in total. The van der Waals surface area contributed by atoms with E-state index in [0.717, 1.165) is 43.4 Å². The van der Waals surface area contributed by atoms with Gasteiger partial charge in [-0.05, 0) is 54.6 Å². The van der Waals surface area contributed by atoms with Gasteiger partial charge in [-0.2, -0.15) is 0 Å². The average Bonchev–Trinajstić information content (AvgIpc) is 2.90. The zero-order chi connectivity index (χ0) is 24.3. The van der Waals surface area contributed by atoms with Crippen LogP contribution in [0.2, 0.25) is 0 Å². The first-order valence-electron chi connectivity index (χ1n) is 12.5. The minimum absolute atomic E-state index is 0.191. The minimum Gasteiger partial charge on any atom is -0.0622 e. The Kier molecular flexibility index (Phi) is 2.89. The molecule has 0 radical (unpaired) electrons. The van der Waals surface area contributed by atoms with Gasteiger partial charge < -0.3 is 0 Å². The zero-order valence-corrected chi connectivity index (χ0v) is 16.2. The quantitative estimate of drug-likeness (QED) is 0.262. The fourth-order valence-electron chi connectivity index (χ4n) is 4.51. The lowest BCUT2D eigenvalue weighted by Gasteiger charge is -2.18. The molecule has 6 aromatic rings. The Bertz CT molecular complexity index is 1710. The van der Waals surface area contributed by atoms with Gasteiger partial charge >= 0.3 is 0 Å². The highest BCUT2D eigenvalue weighted by atomic mass is 14.2. The predicted octanol–water partition coefficient (Wildman–Crippen LogP) is 8.48. The standard InChI is InChI=1S/C30H20/c1-2-12-22(13-3-1)29-25-16-6-8-18-27(25)30(28-19-9-7-17-26(28)29)24-20-10-14-21-11-4-5-15-23(21)24/h1-20H/i1D,2D,3D,12D,13D. The Morgan fingerprint density at radius 1 is 0.433 bits per heavy atom. The van der Waals surface area contributed by atoms with Crippen molar-refractivity contribution in [3.05, 3.63) is 121 Å². The maximum absolute atomic E-state index is 8.68. The Labute approximate surface area is 183 Å². The van der Waals surface area contributed by atoms with E-state index in [9.17, 15) is 0 Å². The molecule has 0 amide bonds. The van der Waals surface area contributed by atoms with Gasteiger partial charge in [0.2, 0.25) is 0 Å². The van der Waals surface area contributed by atoms with Gasteiger partial charge in [0.1, 0.15) is 0 Å². The molecule has 0 saturated heterocycles. The molecule has 0 aliphatic heterocycles. The molecule has 0 bridgehead atoms. The van der Waals surface area contributed by atoms with Crippen LogP contribution in [0.25, 0.3) is 54.6 Å². The highest BCUT2D eigenvalue weighted by Gasteiger charge is 2.17. The summed E-state index contributed by atoms with van der Waals surface area (Å²) in [7, 11) is 0. The first-order valence-corrected chi connectivity index (χ1v) is 9.98. The van der Waals surface area contributed by atoms with Crippen molar-refractivity contribution in [1.29, 1.82) is 0 Å². The monoisotopic (exact) mass is 385 g/mol. The second-order valence-electron chi connectivity index (χ2n) is 7.37. The fraction of sp³-hybridized carbons (Fsp3) is 0. The molecule has 0 atom stereocenters. The van der Waals surface area contributed by atoms with Gasteiger partial charge in [0.05, 0.1) is 6.85 Å². The normalized spacial score (nSPS) is 13.7. The van der Waals surface area contributed by atoms with Crippen molar-refractivity contribution in [3.8, 4) is 22.3 Å². The summed E-state index contributed by atoms with van der Waals surface area (Å²) in [5.41, 5.74) is 3.07. The number of hydrogen-bond donors (Lipinski definition) is 0. The van der Waals surface area contributed by atoms with Crippen LogP contribution in [-0.2, 0) is 0 Å². The van der Waals surface area contributed by atoms with Crippen molar-refractivity contribution in [2.24, 2.45) is 0 Å². The topological polar surface area (TPSA) is 0 Å². The first kappa shape index (κ1) is 12.6. The highest BCUT2D eigenvalue weighted by molar-refractivity contribution is 6.23. The third-order valence-electron chi connectivity index (χ3n) is 5.74. The Morgan fingerprint density at radius 2 is 0.933 bits per heavy atom. The van der Waals surface area contributed by atoms with Crippen molar-refractivity contribution < 1.29 is 6.85 Å². The van der Waals surface area contributed by atoms with E-state index in [1.165, 1.54) is 0 Å². The summed E-state index contributed by atoms with van der Waals surface area (Å²) < 4.78 is 41.9. The van der Waals surface area contributed by atoms with E-state index in [0.29, 0.717) is 5.56 Å². The third-order valence-corrected chi connectivity index (χ3v) is 5.74. The van der Waals surface area contributed by atoms with Crippen LogP contribution in [0.5, 0.6) is 0 Å². The van der Waals surface area contributed by atoms with E-state index in [4.69, 9.17) is 6.85 Å². The van der Waals surface area contributed by atoms with Crippen molar-refractivity contribution in [2.45, 2.75) is 0 Å². The van der Waals surface area contributed by atoms with Gasteiger partial charge in [-0.25, -0.2) is 0 Å². The molecule has 0 fully saturated rings. The molecule has 0 unspecified atom stereocenters. The summed E-state index contributed by atoms with van der Waals surface area (Å²) in [6, 6.07) is 29.1. The van der Waals surface area contributed by atoms with Crippen LogP contribution < -0.4 is 0 Å². The number of benzene rings is 6. The Balaban J connectivity index is 1.86. The van der Waals surface area contributed by atoms with Gasteiger partial charge in [-0.3, -0.25) is 0 Å². The van der Waals surface area contributed by atoms with Crippen LogP contribution in [0.3, 0.4) is 0 Å². The number of rotatable bonds is 2. The van der Waals surface area contributed by atoms with Crippen LogP contribution in [0, 0.1) is 0 Å². The largest absolute Gasteiger partial charge is 0.0629 e. The Hall–Kier alpha value is -3.90. The fourth-order valence-corrected chi connectivity index (χ4v) is 4.51. The molecule has 0 aliphatic carbocycles. The summed E-state index contributed by atoms with van der Waals surface area (Å²) in [5, 5.41) is 5.95. The summed E-state index contributed by atoms with van der Waals surface area (Å²) in [6.07, 6.45) is 0. The molecule has 0 aromatic heterocycles. The second kappa shape index (κ2) is 6.86. The van der Waals surface area contributed by atoms with E-state index < -0.39 is 0 Å². The third kappa shape index (κ3) is 2.54. The van der Waals surface area contributed by atoms with Crippen LogP contribution in [0.4, 0.5) is 0 Å². The van der Waals surface area contributed by atoms with Crippen molar-refractivity contribution in [2.75, 3.05) is 0 Å². The lowest BCUT2D eigenvalue weighted by Crippen LogP contribution is -1.91. The van der Waals surface area contributed by atoms with Crippen LogP contribution in [0.15, 0.2) is 121 Å². The van der Waals surface area contributed by atoms with Crippen molar-refractivity contribution >= 4 is 32.3 Å². The molecule has 0 saturated carbocycles.